The minimum Gasteiger partial charge on any atom is -0.447 e. The van der Waals surface area contributed by atoms with Crippen molar-refractivity contribution >= 4 is 29.2 Å². The topological polar surface area (TPSA) is 128 Å². The van der Waals surface area contributed by atoms with Gasteiger partial charge in [-0.25, -0.2) is 19.7 Å². The van der Waals surface area contributed by atoms with Crippen LogP contribution in [0.1, 0.15) is 41.5 Å². The summed E-state index contributed by atoms with van der Waals surface area (Å²) in [6, 6.07) is 8.12. The number of cyclic esters (lactones) is 1. The van der Waals surface area contributed by atoms with E-state index < -0.39 is 23.1 Å². The Bertz CT molecular complexity index is 1640. The highest BCUT2D eigenvalue weighted by atomic mass is 19.4. The SMILES string of the molecule is C[C@@]1(c2nc(-c3ccc(C(=O)Nc4cc(C(F)(F)F)ccn4)cc3)c3c(N)nccn23)CC[C@H]2COC(=O)N2C1. The number of halogens is 3. The van der Waals surface area contributed by atoms with E-state index in [1.54, 1.807) is 41.6 Å². The van der Waals surface area contributed by atoms with Gasteiger partial charge >= 0.3 is 12.3 Å². The van der Waals surface area contributed by atoms with E-state index in [9.17, 15) is 22.8 Å². The summed E-state index contributed by atoms with van der Waals surface area (Å²) in [5, 5.41) is 2.40. The molecule has 2 atom stereocenters. The van der Waals surface area contributed by atoms with Crippen LogP contribution in [0, 0.1) is 0 Å². The van der Waals surface area contributed by atoms with Crippen molar-refractivity contribution in [1.29, 1.82) is 0 Å². The summed E-state index contributed by atoms with van der Waals surface area (Å²) in [6.45, 7) is 2.89. The Morgan fingerprint density at radius 2 is 1.95 bits per heavy atom. The molecular weight excluding hydrogens is 527 g/mol. The fraction of sp³-hybridized carbons (Fsp3) is 0.296. The summed E-state index contributed by atoms with van der Waals surface area (Å²) in [6.07, 6.45) is 1.04. The van der Waals surface area contributed by atoms with Gasteiger partial charge in [0.05, 0.1) is 11.6 Å². The fourth-order valence-electron chi connectivity index (χ4n) is 5.38. The lowest BCUT2D eigenvalue weighted by molar-refractivity contribution is -0.137. The number of aromatic nitrogens is 4. The van der Waals surface area contributed by atoms with Crippen LogP contribution < -0.4 is 11.1 Å². The van der Waals surface area contributed by atoms with Gasteiger partial charge in [0.2, 0.25) is 0 Å². The second-order valence-corrected chi connectivity index (χ2v) is 10.2. The highest BCUT2D eigenvalue weighted by molar-refractivity contribution is 6.04. The van der Waals surface area contributed by atoms with Crippen LogP contribution in [0.4, 0.5) is 29.6 Å². The molecule has 13 heteroatoms. The van der Waals surface area contributed by atoms with Crippen molar-refractivity contribution in [1.82, 2.24) is 24.3 Å². The molecule has 2 saturated heterocycles. The summed E-state index contributed by atoms with van der Waals surface area (Å²) in [5.74, 6) is 0.169. The Morgan fingerprint density at radius 3 is 2.70 bits per heavy atom. The van der Waals surface area contributed by atoms with Crippen molar-refractivity contribution in [2.24, 2.45) is 0 Å². The molecule has 3 aromatic heterocycles. The molecule has 10 nitrogen and oxygen atoms in total. The monoisotopic (exact) mass is 551 g/mol. The van der Waals surface area contributed by atoms with E-state index in [-0.39, 0.29) is 29.3 Å². The first-order chi connectivity index (χ1) is 19.0. The third-order valence-electron chi connectivity index (χ3n) is 7.50. The molecule has 40 heavy (non-hydrogen) atoms. The van der Waals surface area contributed by atoms with Crippen molar-refractivity contribution in [3.8, 4) is 11.3 Å². The predicted molar refractivity (Wildman–Crippen MR) is 138 cm³/mol. The first kappa shape index (κ1) is 25.6. The summed E-state index contributed by atoms with van der Waals surface area (Å²) in [4.78, 5) is 39.8. The van der Waals surface area contributed by atoms with E-state index in [4.69, 9.17) is 15.5 Å². The summed E-state index contributed by atoms with van der Waals surface area (Å²) in [7, 11) is 0. The van der Waals surface area contributed by atoms with Gasteiger partial charge in [0.1, 0.15) is 35.3 Å². The van der Waals surface area contributed by atoms with Gasteiger partial charge < -0.3 is 20.7 Å². The Labute approximate surface area is 226 Å². The Hall–Kier alpha value is -4.68. The highest BCUT2D eigenvalue weighted by Crippen LogP contribution is 2.40. The quantitative estimate of drug-likeness (QED) is 0.382. The van der Waals surface area contributed by atoms with Gasteiger partial charge in [0.15, 0.2) is 0 Å². The van der Waals surface area contributed by atoms with Crippen molar-refractivity contribution in [3.63, 3.8) is 0 Å². The summed E-state index contributed by atoms with van der Waals surface area (Å²) >= 11 is 0. The number of imidazole rings is 1. The minimum atomic E-state index is -4.55. The Balaban J connectivity index is 1.31. The van der Waals surface area contributed by atoms with Crippen molar-refractivity contribution in [2.75, 3.05) is 24.2 Å². The molecule has 0 spiro atoms. The third-order valence-corrected chi connectivity index (χ3v) is 7.50. The number of hydrogen-bond acceptors (Lipinski definition) is 7. The second kappa shape index (κ2) is 9.21. The average molecular weight is 552 g/mol. The van der Waals surface area contributed by atoms with Gasteiger partial charge in [0.25, 0.3) is 5.91 Å². The Kier molecular flexibility index (Phi) is 5.89. The molecule has 2 aliphatic heterocycles. The standard InChI is InChI=1S/C27H24F3N7O3/c1-26(8-6-18-13-40-25(39)37(18)14-26)24-35-20(21-22(31)33-10-11-36(21)24)15-2-4-16(5-3-15)23(38)34-19-12-17(7-9-32-19)27(28,29)30/h2-5,7,9-12,18H,6,8,13-14H2,1H3,(H2,31,33)(H,32,34,38)/t18-,26+/m0/s1. The number of ether oxygens (including phenoxy) is 1. The van der Waals surface area contributed by atoms with E-state index in [0.29, 0.717) is 29.9 Å². The minimum absolute atomic E-state index is 0.0582. The number of alkyl halides is 3. The van der Waals surface area contributed by atoms with Crippen LogP contribution in [0.5, 0.6) is 0 Å². The molecular formula is C27H24F3N7O3. The zero-order chi connectivity index (χ0) is 28.2. The smallest absolute Gasteiger partial charge is 0.416 e. The molecule has 2 fully saturated rings. The van der Waals surface area contributed by atoms with Crippen LogP contribution in [0.3, 0.4) is 0 Å². The molecule has 0 saturated carbocycles. The number of piperidine rings is 1. The number of nitrogens with zero attached hydrogens (tertiary/aromatic N) is 5. The number of rotatable bonds is 4. The van der Waals surface area contributed by atoms with E-state index in [0.717, 1.165) is 37.0 Å². The molecule has 0 radical (unpaired) electrons. The first-order valence-electron chi connectivity index (χ1n) is 12.5. The molecule has 1 aromatic carbocycles. The molecule has 0 bridgehead atoms. The molecule has 5 heterocycles. The van der Waals surface area contributed by atoms with E-state index >= 15 is 0 Å². The first-order valence-corrected chi connectivity index (χ1v) is 12.5. The van der Waals surface area contributed by atoms with Crippen molar-refractivity contribution < 1.29 is 27.5 Å². The number of hydrogen-bond donors (Lipinski definition) is 2. The number of amides is 2. The van der Waals surface area contributed by atoms with E-state index in [2.05, 4.69) is 22.2 Å². The van der Waals surface area contributed by atoms with Crippen molar-refractivity contribution in [3.05, 3.63) is 71.9 Å². The molecule has 206 valence electrons. The number of anilines is 2. The number of benzene rings is 1. The molecule has 2 aliphatic rings. The van der Waals surface area contributed by atoms with Crippen LogP contribution >= 0.6 is 0 Å². The van der Waals surface area contributed by atoms with Crippen LogP contribution in [0.25, 0.3) is 16.8 Å². The van der Waals surface area contributed by atoms with E-state index in [1.165, 1.54) is 0 Å². The number of pyridine rings is 1. The zero-order valence-electron chi connectivity index (χ0n) is 21.3. The number of nitrogens with two attached hydrogens (primary N) is 1. The van der Waals surface area contributed by atoms with Crippen LogP contribution in [0.15, 0.2) is 55.0 Å². The second-order valence-electron chi connectivity index (χ2n) is 10.2. The van der Waals surface area contributed by atoms with Gasteiger partial charge in [-0.3, -0.25) is 9.20 Å². The predicted octanol–water partition coefficient (Wildman–Crippen LogP) is 4.52. The number of carbonyl (C=O) groups is 2. The van der Waals surface area contributed by atoms with Gasteiger partial charge in [-0.1, -0.05) is 19.1 Å². The number of fused-ring (bicyclic) bond motifs is 2. The fourth-order valence-corrected chi connectivity index (χ4v) is 5.38. The average Bonchev–Trinajstić information content (AvgIpc) is 3.50. The molecule has 0 unspecified atom stereocenters. The zero-order valence-corrected chi connectivity index (χ0v) is 21.3. The van der Waals surface area contributed by atoms with Gasteiger partial charge in [-0.15, -0.1) is 0 Å². The lowest BCUT2D eigenvalue weighted by Gasteiger charge is -2.39. The molecule has 3 N–H and O–H groups in total. The summed E-state index contributed by atoms with van der Waals surface area (Å²) in [5.41, 5.74) is 6.92. The lowest BCUT2D eigenvalue weighted by atomic mass is 9.79. The summed E-state index contributed by atoms with van der Waals surface area (Å²) < 4.78 is 46.2. The number of nitrogens with one attached hydrogen (secondary N) is 1. The van der Waals surface area contributed by atoms with Crippen molar-refractivity contribution in [2.45, 2.75) is 37.4 Å². The van der Waals surface area contributed by atoms with Crippen LogP contribution in [0.2, 0.25) is 0 Å². The maximum absolute atomic E-state index is 13.0. The van der Waals surface area contributed by atoms with Crippen LogP contribution in [-0.4, -0.2) is 55.4 Å². The largest absolute Gasteiger partial charge is 0.447 e. The number of nitrogen functional groups attached to an aromatic ring is 1. The van der Waals surface area contributed by atoms with Gasteiger partial charge in [0, 0.05) is 41.7 Å². The number of carbonyl (C=O) groups excluding carboxylic acids is 2. The van der Waals surface area contributed by atoms with Gasteiger partial charge in [-0.05, 0) is 37.1 Å². The highest BCUT2D eigenvalue weighted by Gasteiger charge is 2.46. The maximum Gasteiger partial charge on any atom is 0.416 e. The molecule has 0 aliphatic carbocycles. The lowest BCUT2D eigenvalue weighted by Crippen LogP contribution is -2.49. The molecule has 6 rings (SSSR count). The Morgan fingerprint density at radius 1 is 1.18 bits per heavy atom. The van der Waals surface area contributed by atoms with Crippen LogP contribution in [-0.2, 0) is 16.3 Å². The maximum atomic E-state index is 13.0. The molecule has 2 amide bonds. The normalized spacial score (nSPS) is 20.9. The van der Waals surface area contributed by atoms with E-state index in [1.807, 2.05) is 4.40 Å². The molecule has 4 aromatic rings. The third kappa shape index (κ3) is 4.36. The van der Waals surface area contributed by atoms with Gasteiger partial charge in [-0.2, -0.15) is 13.2 Å².